The van der Waals surface area contributed by atoms with Gasteiger partial charge in [0, 0.05) is 24.2 Å². The highest BCUT2D eigenvalue weighted by Crippen LogP contribution is 2.41. The second kappa shape index (κ2) is 4.55. The third-order valence-electron chi connectivity index (χ3n) is 5.68. The first kappa shape index (κ1) is 12.0. The number of likely N-dealkylation sites (N-methyl/N-ethyl adjacent to an activating group) is 1. The van der Waals surface area contributed by atoms with Crippen LogP contribution in [0.1, 0.15) is 64.7 Å². The van der Waals surface area contributed by atoms with Crippen LogP contribution in [0, 0.1) is 0 Å². The number of nitrogens with one attached hydrogen (secondary N) is 1. The van der Waals surface area contributed by atoms with E-state index in [0.29, 0.717) is 11.1 Å². The fourth-order valence-corrected chi connectivity index (χ4v) is 4.59. The van der Waals surface area contributed by atoms with E-state index in [2.05, 4.69) is 17.1 Å². The molecule has 2 nitrogen and oxygen atoms in total. The van der Waals surface area contributed by atoms with E-state index in [4.69, 9.17) is 0 Å². The molecule has 0 atom stereocenters. The van der Waals surface area contributed by atoms with Crippen LogP contribution in [0.25, 0.3) is 0 Å². The van der Waals surface area contributed by atoms with Gasteiger partial charge in [0.1, 0.15) is 0 Å². The molecule has 1 N–H and O–H groups in total. The molecule has 98 valence electrons. The molecule has 3 rings (SSSR count). The maximum atomic E-state index is 3.99. The van der Waals surface area contributed by atoms with Crippen LogP contribution in [-0.2, 0) is 0 Å². The zero-order valence-corrected chi connectivity index (χ0v) is 11.4. The largest absolute Gasteiger partial charge is 0.308 e. The molecule has 3 fully saturated rings. The lowest BCUT2D eigenvalue weighted by atomic mass is 9.76. The average Bonchev–Trinajstić information content (AvgIpc) is 2.84. The molecular weight excluding hydrogens is 208 g/mol. The number of hydrogen-bond donors (Lipinski definition) is 1. The maximum Gasteiger partial charge on any atom is 0.0334 e. The minimum Gasteiger partial charge on any atom is -0.308 e. The van der Waals surface area contributed by atoms with Gasteiger partial charge in [0.05, 0.1) is 0 Å². The van der Waals surface area contributed by atoms with E-state index < -0.39 is 0 Å². The van der Waals surface area contributed by atoms with Crippen molar-refractivity contribution in [3.8, 4) is 0 Å². The highest BCUT2D eigenvalue weighted by molar-refractivity contribution is 5.07. The highest BCUT2D eigenvalue weighted by Gasteiger charge is 2.47. The molecule has 2 saturated carbocycles. The van der Waals surface area contributed by atoms with Gasteiger partial charge in [0.15, 0.2) is 0 Å². The van der Waals surface area contributed by atoms with Crippen molar-refractivity contribution in [3.63, 3.8) is 0 Å². The van der Waals surface area contributed by atoms with Crippen LogP contribution in [0.2, 0.25) is 0 Å². The topological polar surface area (TPSA) is 15.3 Å². The fraction of sp³-hybridized carbons (Fsp3) is 1.00. The van der Waals surface area contributed by atoms with Crippen LogP contribution in [-0.4, -0.2) is 35.6 Å². The second-order valence-electron chi connectivity index (χ2n) is 6.64. The van der Waals surface area contributed by atoms with Crippen LogP contribution in [0.4, 0.5) is 0 Å². The summed E-state index contributed by atoms with van der Waals surface area (Å²) in [6.07, 6.45) is 12.9. The molecule has 2 heteroatoms. The molecule has 0 radical (unpaired) electrons. The Labute approximate surface area is 106 Å². The lowest BCUT2D eigenvalue weighted by molar-refractivity contribution is -0.00209. The summed E-state index contributed by atoms with van der Waals surface area (Å²) in [6, 6.07) is 0. The predicted octanol–water partition coefficient (Wildman–Crippen LogP) is 2.93. The van der Waals surface area contributed by atoms with Gasteiger partial charge >= 0.3 is 0 Å². The molecule has 17 heavy (non-hydrogen) atoms. The number of hydrogen-bond acceptors (Lipinski definition) is 2. The maximum absolute atomic E-state index is 3.99. The van der Waals surface area contributed by atoms with E-state index in [-0.39, 0.29) is 0 Å². The number of nitrogens with zero attached hydrogens (tertiary/aromatic N) is 1. The Morgan fingerprint density at radius 3 is 2.24 bits per heavy atom. The van der Waals surface area contributed by atoms with E-state index in [9.17, 15) is 0 Å². The summed E-state index contributed by atoms with van der Waals surface area (Å²) < 4.78 is 0. The molecule has 0 aromatic rings. The van der Waals surface area contributed by atoms with E-state index in [0.717, 1.165) is 0 Å². The Kier molecular flexibility index (Phi) is 3.20. The van der Waals surface area contributed by atoms with Gasteiger partial charge < -0.3 is 5.32 Å². The fourth-order valence-electron chi connectivity index (χ4n) is 4.59. The van der Waals surface area contributed by atoms with Crippen molar-refractivity contribution in [2.75, 3.05) is 19.6 Å². The SMILES string of the molecule is CCN1CC2(CCCCC2)NCC12CCCC2. The average molecular weight is 236 g/mol. The van der Waals surface area contributed by atoms with Crippen molar-refractivity contribution in [2.24, 2.45) is 0 Å². The summed E-state index contributed by atoms with van der Waals surface area (Å²) in [5.74, 6) is 0. The first-order valence-electron chi connectivity index (χ1n) is 7.79. The summed E-state index contributed by atoms with van der Waals surface area (Å²) in [5.41, 5.74) is 1.03. The first-order chi connectivity index (χ1) is 8.29. The zero-order valence-electron chi connectivity index (χ0n) is 11.4. The summed E-state index contributed by atoms with van der Waals surface area (Å²) >= 11 is 0. The number of piperazine rings is 1. The van der Waals surface area contributed by atoms with Gasteiger partial charge in [-0.2, -0.15) is 0 Å². The van der Waals surface area contributed by atoms with Gasteiger partial charge in [-0.1, -0.05) is 39.0 Å². The smallest absolute Gasteiger partial charge is 0.0334 e. The van der Waals surface area contributed by atoms with Crippen LogP contribution >= 0.6 is 0 Å². The molecule has 3 aliphatic rings. The van der Waals surface area contributed by atoms with Crippen LogP contribution in [0.15, 0.2) is 0 Å². The van der Waals surface area contributed by atoms with Crippen LogP contribution < -0.4 is 5.32 Å². The molecule has 0 bridgehead atoms. The molecule has 1 aliphatic heterocycles. The van der Waals surface area contributed by atoms with Crippen molar-refractivity contribution >= 4 is 0 Å². The molecule has 0 amide bonds. The summed E-state index contributed by atoms with van der Waals surface area (Å²) in [6.45, 7) is 6.20. The lowest BCUT2D eigenvalue weighted by Gasteiger charge is -2.54. The molecule has 0 aromatic carbocycles. The van der Waals surface area contributed by atoms with Crippen molar-refractivity contribution in [1.29, 1.82) is 0 Å². The van der Waals surface area contributed by atoms with Crippen molar-refractivity contribution in [1.82, 2.24) is 10.2 Å². The normalized spacial score (nSPS) is 32.3. The van der Waals surface area contributed by atoms with Gasteiger partial charge in [0.2, 0.25) is 0 Å². The van der Waals surface area contributed by atoms with Crippen molar-refractivity contribution in [3.05, 3.63) is 0 Å². The van der Waals surface area contributed by atoms with Crippen molar-refractivity contribution < 1.29 is 0 Å². The Bertz CT molecular complexity index is 262. The summed E-state index contributed by atoms with van der Waals surface area (Å²) in [7, 11) is 0. The third-order valence-corrected chi connectivity index (χ3v) is 5.68. The van der Waals surface area contributed by atoms with Crippen LogP contribution in [0.3, 0.4) is 0 Å². The molecule has 2 aliphatic carbocycles. The third kappa shape index (κ3) is 2.04. The lowest BCUT2D eigenvalue weighted by Crippen LogP contribution is -2.69. The predicted molar refractivity (Wildman–Crippen MR) is 72.3 cm³/mol. The van der Waals surface area contributed by atoms with Gasteiger partial charge in [0.25, 0.3) is 0 Å². The van der Waals surface area contributed by atoms with Gasteiger partial charge in [-0.25, -0.2) is 0 Å². The van der Waals surface area contributed by atoms with Gasteiger partial charge in [-0.15, -0.1) is 0 Å². The molecule has 0 aromatic heterocycles. The minimum absolute atomic E-state index is 0.488. The van der Waals surface area contributed by atoms with E-state index >= 15 is 0 Å². The highest BCUT2D eigenvalue weighted by atomic mass is 15.3. The van der Waals surface area contributed by atoms with Gasteiger partial charge in [-0.05, 0) is 32.2 Å². The molecule has 2 spiro atoms. The Morgan fingerprint density at radius 1 is 0.941 bits per heavy atom. The summed E-state index contributed by atoms with van der Waals surface area (Å²) in [4.78, 5) is 2.84. The minimum atomic E-state index is 0.488. The second-order valence-corrected chi connectivity index (χ2v) is 6.64. The molecular formula is C15H28N2. The summed E-state index contributed by atoms with van der Waals surface area (Å²) in [5, 5.41) is 3.99. The number of rotatable bonds is 1. The Balaban J connectivity index is 1.74. The van der Waals surface area contributed by atoms with E-state index in [1.165, 1.54) is 77.4 Å². The first-order valence-corrected chi connectivity index (χ1v) is 7.79. The Hall–Kier alpha value is -0.0800. The molecule has 1 heterocycles. The molecule has 0 unspecified atom stereocenters. The quantitative estimate of drug-likeness (QED) is 0.753. The standard InChI is InChI=1S/C15H28N2/c1-2-17-13-14(8-4-3-5-9-14)16-12-15(17)10-6-7-11-15/h16H,2-13H2,1H3. The molecule has 1 saturated heterocycles. The van der Waals surface area contributed by atoms with E-state index in [1.807, 2.05) is 0 Å². The monoisotopic (exact) mass is 236 g/mol. The van der Waals surface area contributed by atoms with Gasteiger partial charge in [-0.3, -0.25) is 4.90 Å². The Morgan fingerprint density at radius 2 is 1.59 bits per heavy atom. The zero-order chi connectivity index (χ0) is 11.8. The van der Waals surface area contributed by atoms with Crippen molar-refractivity contribution in [2.45, 2.75) is 75.8 Å². The van der Waals surface area contributed by atoms with Crippen LogP contribution in [0.5, 0.6) is 0 Å². The van der Waals surface area contributed by atoms with E-state index in [1.54, 1.807) is 0 Å².